The molecule has 5 amide bonds. The van der Waals surface area contributed by atoms with Crippen LogP contribution in [0.15, 0.2) is 18.3 Å². The molecule has 0 aliphatic carbocycles. The summed E-state index contributed by atoms with van der Waals surface area (Å²) in [6.07, 6.45) is -0.682. The van der Waals surface area contributed by atoms with Crippen molar-refractivity contribution in [3.8, 4) is 6.07 Å². The molecule has 1 aliphatic rings. The number of nitrogens with one attached hydrogen (secondary N) is 5. The van der Waals surface area contributed by atoms with E-state index in [4.69, 9.17) is 10.00 Å². The van der Waals surface area contributed by atoms with Gasteiger partial charge in [0, 0.05) is 48.6 Å². The fourth-order valence-corrected chi connectivity index (χ4v) is 5.98. The second-order valence-corrected chi connectivity index (χ2v) is 13.4. The first-order valence-corrected chi connectivity index (χ1v) is 17.2. The third-order valence-electron chi connectivity index (χ3n) is 6.36. The number of carboxylic acids is 1. The number of likely N-dealkylation sites (tertiary alicyclic amines) is 1. The molecule has 0 aromatic carbocycles. The molecule has 48 heavy (non-hydrogen) atoms. The Bertz CT molecular complexity index is 1370. The van der Waals surface area contributed by atoms with Gasteiger partial charge in [0.1, 0.15) is 24.7 Å². The molecule has 0 radical (unpaired) electrons. The predicted molar refractivity (Wildman–Crippen MR) is 170 cm³/mol. The van der Waals surface area contributed by atoms with Crippen molar-refractivity contribution in [2.75, 3.05) is 24.7 Å². The van der Waals surface area contributed by atoms with Crippen LogP contribution in [0.1, 0.15) is 56.1 Å². The van der Waals surface area contributed by atoms with E-state index in [2.05, 4.69) is 31.8 Å². The van der Waals surface area contributed by atoms with Crippen LogP contribution in [-0.2, 0) is 30.5 Å². The standard InChI is InChI=1S/C28H38F2N8O8S2/c1-16(2)36-37-27(45)46-8-9-47-48-14-21(26(43)44)35-23(40)5-4-22(39)33-13-19-10-18(6-7-32-19)24(41)34-17(3)25(42)38-15-28(29,30)11-20(38)12-31/h6-7,10,16-17,20-21,36H,4-5,8-9,11,13-15H2,1-3H3,(H,33,39)(H,34,41)(H,35,40)(H,37,45)(H,43,44)/t17-,20+,21?/m1/s1. The lowest BCUT2D eigenvalue weighted by Gasteiger charge is -2.23. The van der Waals surface area contributed by atoms with Gasteiger partial charge in [0.2, 0.25) is 17.7 Å². The monoisotopic (exact) mass is 716 g/mol. The highest BCUT2D eigenvalue weighted by atomic mass is 33.1. The Labute approximate surface area is 283 Å². The number of hydrazine groups is 1. The predicted octanol–water partition coefficient (Wildman–Crippen LogP) is 0.946. The molecule has 16 nitrogen and oxygen atoms in total. The van der Waals surface area contributed by atoms with E-state index in [1.54, 1.807) is 6.07 Å². The van der Waals surface area contributed by atoms with Crippen LogP contribution in [0, 0.1) is 11.3 Å². The molecule has 1 aromatic heterocycles. The maximum atomic E-state index is 13.7. The highest BCUT2D eigenvalue weighted by Crippen LogP contribution is 2.32. The molecule has 1 unspecified atom stereocenters. The van der Waals surface area contributed by atoms with Crippen molar-refractivity contribution in [3.63, 3.8) is 0 Å². The lowest BCUT2D eigenvalue weighted by atomic mass is 10.1. The van der Waals surface area contributed by atoms with Gasteiger partial charge in [-0.1, -0.05) is 21.6 Å². The average molecular weight is 717 g/mol. The summed E-state index contributed by atoms with van der Waals surface area (Å²) in [7, 11) is 2.42. The molecule has 0 bridgehead atoms. The maximum absolute atomic E-state index is 13.7. The van der Waals surface area contributed by atoms with E-state index in [0.29, 0.717) is 5.75 Å². The fourth-order valence-electron chi connectivity index (χ4n) is 4.00. The largest absolute Gasteiger partial charge is 0.480 e. The Balaban J connectivity index is 1.73. The molecule has 0 saturated carbocycles. The summed E-state index contributed by atoms with van der Waals surface area (Å²) in [4.78, 5) is 77.8. The molecule has 20 heteroatoms. The summed E-state index contributed by atoms with van der Waals surface area (Å²) in [5.41, 5.74) is 5.38. The summed E-state index contributed by atoms with van der Waals surface area (Å²) >= 11 is 0. The summed E-state index contributed by atoms with van der Waals surface area (Å²) in [5, 5.41) is 25.9. The SMILES string of the molecule is CC(C)NNC(=O)OCCSSCC(NC(=O)CCC(=O)NCc1cc(C(=O)N[C@H](C)C(=O)N2CC(F)(F)C[C@H]2C#N)ccn1)C(=O)O. The number of nitrogens with zero attached hydrogens (tertiary/aromatic N) is 3. The van der Waals surface area contributed by atoms with E-state index in [0.717, 1.165) is 4.90 Å². The number of pyridine rings is 1. The molecule has 1 fully saturated rings. The van der Waals surface area contributed by atoms with E-state index in [1.807, 2.05) is 13.8 Å². The first-order chi connectivity index (χ1) is 22.6. The van der Waals surface area contributed by atoms with E-state index in [-0.39, 0.29) is 49.0 Å². The minimum absolute atomic E-state index is 0.0240. The summed E-state index contributed by atoms with van der Waals surface area (Å²) in [6, 6.07) is 0.689. The van der Waals surface area contributed by atoms with Crippen molar-refractivity contribution in [3.05, 3.63) is 29.6 Å². The molecule has 0 spiro atoms. The fraction of sp³-hybridized carbons (Fsp3) is 0.571. The molecule has 1 aliphatic heterocycles. The van der Waals surface area contributed by atoms with Crippen molar-refractivity contribution in [1.29, 1.82) is 5.26 Å². The number of carboxylic acid groups (broad SMARTS) is 1. The molecule has 1 aromatic rings. The van der Waals surface area contributed by atoms with Crippen LogP contribution in [-0.4, -0.2) is 105 Å². The number of aliphatic carboxylic acids is 1. The normalized spacial score (nSPS) is 16.3. The van der Waals surface area contributed by atoms with Crippen LogP contribution in [0.3, 0.4) is 0 Å². The van der Waals surface area contributed by atoms with Crippen LogP contribution in [0.25, 0.3) is 0 Å². The number of alkyl halides is 2. The van der Waals surface area contributed by atoms with E-state index in [9.17, 15) is 42.7 Å². The number of rotatable bonds is 18. The summed E-state index contributed by atoms with van der Waals surface area (Å²) in [6.45, 7) is 4.04. The minimum atomic E-state index is -3.20. The zero-order chi connectivity index (χ0) is 35.9. The van der Waals surface area contributed by atoms with Crippen molar-refractivity contribution in [2.45, 2.75) is 76.7 Å². The third kappa shape index (κ3) is 14.3. The molecule has 264 valence electrons. The lowest BCUT2D eigenvalue weighted by Crippen LogP contribution is -2.48. The van der Waals surface area contributed by atoms with Crippen LogP contribution >= 0.6 is 21.6 Å². The number of ether oxygens (including phenoxy) is 1. The maximum Gasteiger partial charge on any atom is 0.421 e. The number of carbonyl (C=O) groups is 6. The zero-order valence-electron chi connectivity index (χ0n) is 26.4. The van der Waals surface area contributed by atoms with Crippen molar-refractivity contribution < 1.29 is 47.4 Å². The van der Waals surface area contributed by atoms with Crippen LogP contribution in [0.2, 0.25) is 0 Å². The Morgan fingerprint density at radius 2 is 1.85 bits per heavy atom. The topological polar surface area (TPSA) is 232 Å². The van der Waals surface area contributed by atoms with Gasteiger partial charge in [0.15, 0.2) is 0 Å². The van der Waals surface area contributed by atoms with Gasteiger partial charge in [-0.3, -0.25) is 29.6 Å². The third-order valence-corrected chi connectivity index (χ3v) is 8.74. The van der Waals surface area contributed by atoms with Crippen molar-refractivity contribution in [2.24, 2.45) is 0 Å². The van der Waals surface area contributed by atoms with Gasteiger partial charge in [-0.15, -0.1) is 0 Å². The second kappa shape index (κ2) is 19.6. The highest BCUT2D eigenvalue weighted by molar-refractivity contribution is 8.76. The van der Waals surface area contributed by atoms with Crippen molar-refractivity contribution >= 4 is 57.3 Å². The molecule has 2 heterocycles. The van der Waals surface area contributed by atoms with Crippen LogP contribution < -0.4 is 26.8 Å². The van der Waals surface area contributed by atoms with E-state index < -0.39 is 72.7 Å². The Morgan fingerprint density at radius 3 is 2.52 bits per heavy atom. The average Bonchev–Trinajstić information content (AvgIpc) is 3.36. The van der Waals surface area contributed by atoms with Gasteiger partial charge in [0.25, 0.3) is 11.8 Å². The van der Waals surface area contributed by atoms with Gasteiger partial charge < -0.3 is 30.7 Å². The van der Waals surface area contributed by atoms with Crippen LogP contribution in [0.5, 0.6) is 0 Å². The molecular formula is C28H38F2N8O8S2. The minimum Gasteiger partial charge on any atom is -0.480 e. The number of amides is 5. The van der Waals surface area contributed by atoms with E-state index >= 15 is 0 Å². The van der Waals surface area contributed by atoms with E-state index in [1.165, 1.54) is 46.8 Å². The Kier molecular flexibility index (Phi) is 16.3. The van der Waals surface area contributed by atoms with Gasteiger partial charge in [-0.05, 0) is 32.9 Å². The highest BCUT2D eigenvalue weighted by Gasteiger charge is 2.48. The number of aromatic nitrogens is 1. The van der Waals surface area contributed by atoms with Gasteiger partial charge in [-0.2, -0.15) is 5.26 Å². The van der Waals surface area contributed by atoms with Gasteiger partial charge in [-0.25, -0.2) is 23.8 Å². The Hall–Kier alpha value is -4.22. The van der Waals surface area contributed by atoms with Gasteiger partial charge >= 0.3 is 12.1 Å². The number of nitriles is 1. The first kappa shape index (κ1) is 40.0. The zero-order valence-corrected chi connectivity index (χ0v) is 28.1. The summed E-state index contributed by atoms with van der Waals surface area (Å²) in [5.74, 6) is -6.77. The molecule has 2 rings (SSSR count). The smallest absolute Gasteiger partial charge is 0.421 e. The lowest BCUT2D eigenvalue weighted by molar-refractivity contribution is -0.141. The molecule has 1 saturated heterocycles. The molecule has 3 atom stereocenters. The number of hydrogen-bond acceptors (Lipinski definition) is 12. The number of halogens is 2. The Morgan fingerprint density at radius 1 is 1.15 bits per heavy atom. The number of hydrogen-bond donors (Lipinski definition) is 6. The summed E-state index contributed by atoms with van der Waals surface area (Å²) < 4.78 is 32.4. The number of carbonyl (C=O) groups excluding carboxylic acids is 5. The second-order valence-electron chi connectivity index (χ2n) is 10.8. The molecule has 6 N–H and O–H groups in total. The first-order valence-electron chi connectivity index (χ1n) is 14.7. The molecular weight excluding hydrogens is 678 g/mol. The van der Waals surface area contributed by atoms with Crippen molar-refractivity contribution in [1.82, 2.24) is 36.7 Å². The van der Waals surface area contributed by atoms with Gasteiger partial charge in [0.05, 0.1) is 24.9 Å². The van der Waals surface area contributed by atoms with Crippen LogP contribution in [0.4, 0.5) is 13.6 Å². The quantitative estimate of drug-likeness (QED) is 0.0707.